The number of rotatable bonds is 4. The Balaban J connectivity index is 2.26. The van der Waals surface area contributed by atoms with E-state index in [0.717, 1.165) is 10.5 Å². The first-order valence-corrected chi connectivity index (χ1v) is 6.89. The maximum Gasteiger partial charge on any atom is 0.406 e. The molecule has 0 radical (unpaired) electrons. The zero-order chi connectivity index (χ0) is 15.8. The van der Waals surface area contributed by atoms with Crippen LogP contribution in [0.15, 0.2) is 24.3 Å². The molecule has 0 aromatic heterocycles. The summed E-state index contributed by atoms with van der Waals surface area (Å²) in [6.07, 6.45) is -3.23. The van der Waals surface area contributed by atoms with Gasteiger partial charge in [0, 0.05) is 11.7 Å². The maximum absolute atomic E-state index is 12.7. The highest BCUT2D eigenvalue weighted by Gasteiger charge is 2.54. The number of nitrogen functional groups attached to an aromatic ring is 1. The molecule has 0 heterocycles. The number of benzene rings is 1. The van der Waals surface area contributed by atoms with Gasteiger partial charge in [-0.05, 0) is 44.4 Å². The molecule has 0 aliphatic heterocycles. The van der Waals surface area contributed by atoms with E-state index in [0.29, 0.717) is 18.5 Å². The third kappa shape index (κ3) is 3.31. The van der Waals surface area contributed by atoms with Crippen LogP contribution in [0.1, 0.15) is 32.3 Å². The molecular formula is C15H19F3N2O. The number of nitrogens with two attached hydrogens (primary N) is 1. The van der Waals surface area contributed by atoms with Gasteiger partial charge >= 0.3 is 6.18 Å². The number of hydrogen-bond acceptors (Lipinski definition) is 2. The Labute approximate surface area is 121 Å². The molecule has 0 atom stereocenters. The van der Waals surface area contributed by atoms with Crippen LogP contribution in [0.5, 0.6) is 0 Å². The summed E-state index contributed by atoms with van der Waals surface area (Å²) in [4.78, 5) is 13.5. The second kappa shape index (κ2) is 5.24. The van der Waals surface area contributed by atoms with Gasteiger partial charge in [-0.15, -0.1) is 0 Å². The predicted molar refractivity (Wildman–Crippen MR) is 74.7 cm³/mol. The van der Waals surface area contributed by atoms with E-state index >= 15 is 0 Å². The minimum atomic E-state index is -4.39. The van der Waals surface area contributed by atoms with Crippen LogP contribution in [0.2, 0.25) is 0 Å². The Kier molecular flexibility index (Phi) is 3.91. The van der Waals surface area contributed by atoms with Gasteiger partial charge in [0.25, 0.3) is 0 Å². The molecule has 2 rings (SSSR count). The van der Waals surface area contributed by atoms with Gasteiger partial charge in [0.1, 0.15) is 6.54 Å². The van der Waals surface area contributed by atoms with E-state index in [9.17, 15) is 18.0 Å². The smallest absolute Gasteiger partial charge is 0.399 e. The molecule has 0 bridgehead atoms. The van der Waals surface area contributed by atoms with Gasteiger partial charge in [0.2, 0.25) is 5.91 Å². The van der Waals surface area contributed by atoms with Gasteiger partial charge < -0.3 is 10.6 Å². The van der Waals surface area contributed by atoms with Gasteiger partial charge in [-0.3, -0.25) is 4.79 Å². The second-order valence-electron chi connectivity index (χ2n) is 5.85. The van der Waals surface area contributed by atoms with E-state index in [1.807, 2.05) is 0 Å². The molecule has 1 fully saturated rings. The normalized spacial score (nSPS) is 16.9. The first-order chi connectivity index (χ1) is 9.66. The zero-order valence-electron chi connectivity index (χ0n) is 12.1. The third-order valence-corrected chi connectivity index (χ3v) is 3.86. The predicted octanol–water partition coefficient (Wildman–Crippen LogP) is 3.10. The van der Waals surface area contributed by atoms with E-state index in [1.165, 1.54) is 0 Å². The second-order valence-corrected chi connectivity index (χ2v) is 5.85. The van der Waals surface area contributed by atoms with E-state index in [-0.39, 0.29) is 0 Å². The van der Waals surface area contributed by atoms with Gasteiger partial charge in [0.05, 0.1) is 5.41 Å². The van der Waals surface area contributed by atoms with E-state index in [4.69, 9.17) is 5.73 Å². The first-order valence-electron chi connectivity index (χ1n) is 6.89. The summed E-state index contributed by atoms with van der Waals surface area (Å²) in [6, 6.07) is 6.31. The average Bonchev–Trinajstić information content (AvgIpc) is 3.16. The molecule has 2 N–H and O–H groups in total. The quantitative estimate of drug-likeness (QED) is 0.869. The first kappa shape index (κ1) is 15.7. The van der Waals surface area contributed by atoms with Gasteiger partial charge in [-0.1, -0.05) is 12.1 Å². The summed E-state index contributed by atoms with van der Waals surface area (Å²) in [5.74, 6) is -0.445. The van der Waals surface area contributed by atoms with Crippen molar-refractivity contribution < 1.29 is 18.0 Å². The van der Waals surface area contributed by atoms with Crippen molar-refractivity contribution in [2.75, 3.05) is 12.3 Å². The zero-order valence-corrected chi connectivity index (χ0v) is 12.1. The SMILES string of the molecule is CC(C)N(CC(F)(F)F)C(=O)C1(c2ccc(N)cc2)CC1. The van der Waals surface area contributed by atoms with Crippen molar-refractivity contribution in [3.05, 3.63) is 29.8 Å². The molecule has 0 saturated heterocycles. The lowest BCUT2D eigenvalue weighted by atomic mass is 9.93. The van der Waals surface area contributed by atoms with Crippen molar-refractivity contribution in [2.24, 2.45) is 0 Å². The summed E-state index contributed by atoms with van der Waals surface area (Å²) >= 11 is 0. The lowest BCUT2D eigenvalue weighted by Gasteiger charge is -2.31. The fraction of sp³-hybridized carbons (Fsp3) is 0.533. The van der Waals surface area contributed by atoms with Crippen LogP contribution < -0.4 is 5.73 Å². The lowest BCUT2D eigenvalue weighted by Crippen LogP contribution is -2.47. The molecule has 1 aromatic rings. The minimum Gasteiger partial charge on any atom is -0.399 e. The summed E-state index contributed by atoms with van der Waals surface area (Å²) in [5, 5.41) is 0. The van der Waals surface area contributed by atoms with Crippen molar-refractivity contribution in [1.29, 1.82) is 0 Å². The summed E-state index contributed by atoms with van der Waals surface area (Å²) in [7, 11) is 0. The monoisotopic (exact) mass is 300 g/mol. The third-order valence-electron chi connectivity index (χ3n) is 3.86. The highest BCUT2D eigenvalue weighted by Crippen LogP contribution is 2.50. The van der Waals surface area contributed by atoms with Crippen molar-refractivity contribution in [1.82, 2.24) is 4.90 Å². The van der Waals surface area contributed by atoms with Crippen LogP contribution in [0.25, 0.3) is 0 Å². The van der Waals surface area contributed by atoms with Crippen LogP contribution in [-0.2, 0) is 10.2 Å². The largest absolute Gasteiger partial charge is 0.406 e. The molecule has 1 aromatic carbocycles. The Morgan fingerprint density at radius 3 is 2.19 bits per heavy atom. The molecule has 1 amide bonds. The Morgan fingerprint density at radius 2 is 1.81 bits per heavy atom. The average molecular weight is 300 g/mol. The van der Waals surface area contributed by atoms with Crippen molar-refractivity contribution >= 4 is 11.6 Å². The topological polar surface area (TPSA) is 46.3 Å². The number of nitrogens with zero attached hydrogens (tertiary/aromatic N) is 1. The number of hydrogen-bond donors (Lipinski definition) is 1. The molecule has 1 aliphatic carbocycles. The molecule has 6 heteroatoms. The van der Waals surface area contributed by atoms with E-state index in [1.54, 1.807) is 38.1 Å². The van der Waals surface area contributed by atoms with Gasteiger partial charge in [-0.25, -0.2) is 0 Å². The van der Waals surface area contributed by atoms with Crippen LogP contribution >= 0.6 is 0 Å². The molecule has 1 aliphatic rings. The molecule has 116 valence electrons. The summed E-state index contributed by atoms with van der Waals surface area (Å²) < 4.78 is 38.0. The number of halogens is 3. The highest BCUT2D eigenvalue weighted by molar-refractivity contribution is 5.91. The standard InChI is InChI=1S/C15H19F3N2O/c1-10(2)20(9-15(16,17)18)13(21)14(7-8-14)11-3-5-12(19)6-4-11/h3-6,10H,7-9,19H2,1-2H3. The van der Waals surface area contributed by atoms with Crippen LogP contribution in [0, 0.1) is 0 Å². The number of carbonyl (C=O) groups excluding carboxylic acids is 1. The summed E-state index contributed by atoms with van der Waals surface area (Å²) in [6.45, 7) is 1.99. The fourth-order valence-electron chi connectivity index (χ4n) is 2.51. The van der Waals surface area contributed by atoms with Gasteiger partial charge in [-0.2, -0.15) is 13.2 Å². The van der Waals surface area contributed by atoms with Crippen molar-refractivity contribution in [3.63, 3.8) is 0 Å². The number of alkyl halides is 3. The van der Waals surface area contributed by atoms with E-state index in [2.05, 4.69) is 0 Å². The molecule has 1 saturated carbocycles. The summed E-state index contributed by atoms with van der Waals surface area (Å²) in [5.41, 5.74) is 6.12. The maximum atomic E-state index is 12.7. The Hall–Kier alpha value is -1.72. The van der Waals surface area contributed by atoms with Crippen LogP contribution in [0.3, 0.4) is 0 Å². The Bertz CT molecular complexity index is 519. The van der Waals surface area contributed by atoms with Crippen molar-refractivity contribution in [3.8, 4) is 0 Å². The highest BCUT2D eigenvalue weighted by atomic mass is 19.4. The van der Waals surface area contributed by atoms with Crippen LogP contribution in [-0.4, -0.2) is 29.6 Å². The molecule has 0 unspecified atom stereocenters. The molecule has 21 heavy (non-hydrogen) atoms. The van der Waals surface area contributed by atoms with Gasteiger partial charge in [0.15, 0.2) is 0 Å². The van der Waals surface area contributed by atoms with Crippen molar-refractivity contribution in [2.45, 2.75) is 44.3 Å². The number of carbonyl (C=O) groups is 1. The minimum absolute atomic E-state index is 0.445. The number of anilines is 1. The molecule has 0 spiro atoms. The Morgan fingerprint density at radius 1 is 1.29 bits per heavy atom. The van der Waals surface area contributed by atoms with E-state index < -0.39 is 30.1 Å². The lowest BCUT2D eigenvalue weighted by molar-refractivity contribution is -0.166. The molecule has 3 nitrogen and oxygen atoms in total. The molecular weight excluding hydrogens is 281 g/mol. The number of amides is 1. The van der Waals surface area contributed by atoms with Crippen LogP contribution in [0.4, 0.5) is 18.9 Å². The fourth-order valence-corrected chi connectivity index (χ4v) is 2.51.